The van der Waals surface area contributed by atoms with E-state index in [1.807, 2.05) is 24.6 Å². The summed E-state index contributed by atoms with van der Waals surface area (Å²) in [4.78, 5) is 0. The van der Waals surface area contributed by atoms with Gasteiger partial charge in [0, 0.05) is 12.0 Å². The van der Waals surface area contributed by atoms with Gasteiger partial charge in [-0.3, -0.25) is 0 Å². The fourth-order valence-electron chi connectivity index (χ4n) is 1.91. The first kappa shape index (κ1) is 9.55. The van der Waals surface area contributed by atoms with Crippen LogP contribution in [0, 0.1) is 18.3 Å². The van der Waals surface area contributed by atoms with Gasteiger partial charge in [-0.05, 0) is 25.7 Å². The predicted octanol–water partition coefficient (Wildman–Crippen LogP) is 2.39. The molecule has 0 atom stereocenters. The van der Waals surface area contributed by atoms with Gasteiger partial charge in [-0.2, -0.15) is 0 Å². The molecule has 0 bridgehead atoms. The highest BCUT2D eigenvalue weighted by Gasteiger charge is 2.26. The van der Waals surface area contributed by atoms with Gasteiger partial charge in [-0.1, -0.05) is 36.5 Å². The van der Waals surface area contributed by atoms with Crippen molar-refractivity contribution in [3.63, 3.8) is 0 Å². The summed E-state index contributed by atoms with van der Waals surface area (Å²) in [5.41, 5.74) is 0.291. The van der Waals surface area contributed by atoms with Crippen LogP contribution in [0.1, 0.15) is 32.1 Å². The van der Waals surface area contributed by atoms with Crippen LogP contribution in [0.15, 0.2) is 23.8 Å². The number of allylic oxidation sites excluding steroid dienone is 4. The van der Waals surface area contributed by atoms with Gasteiger partial charge in [-0.15, -0.1) is 0 Å². The van der Waals surface area contributed by atoms with Crippen LogP contribution in [-0.2, 0) is 0 Å². The van der Waals surface area contributed by atoms with E-state index >= 15 is 0 Å². The lowest BCUT2D eigenvalue weighted by Crippen LogP contribution is -2.29. The monoisotopic (exact) mass is 187 g/mol. The van der Waals surface area contributed by atoms with Gasteiger partial charge in [0.1, 0.15) is 5.60 Å². The topological polar surface area (TPSA) is 20.2 Å². The highest BCUT2D eigenvalue weighted by Crippen LogP contribution is 2.27. The van der Waals surface area contributed by atoms with E-state index in [2.05, 4.69) is 11.8 Å². The number of aliphatic hydroxyl groups is 1. The average molecular weight is 187 g/mol. The van der Waals surface area contributed by atoms with Crippen LogP contribution in [0.2, 0.25) is 0 Å². The van der Waals surface area contributed by atoms with Crippen LogP contribution in [0.5, 0.6) is 0 Å². The van der Waals surface area contributed by atoms with Crippen molar-refractivity contribution in [2.75, 3.05) is 0 Å². The Bertz CT molecular complexity index is 319. The minimum atomic E-state index is -0.713. The molecule has 0 aromatic carbocycles. The van der Waals surface area contributed by atoms with Crippen LogP contribution >= 0.6 is 0 Å². The minimum Gasteiger partial charge on any atom is -0.378 e. The normalized spacial score (nSPS) is 23.9. The second kappa shape index (κ2) is 4.02. The minimum absolute atomic E-state index is 0.713. The molecule has 0 spiro atoms. The van der Waals surface area contributed by atoms with Crippen LogP contribution in [-0.4, -0.2) is 10.7 Å². The van der Waals surface area contributed by atoms with Gasteiger partial charge in [0.25, 0.3) is 0 Å². The molecule has 0 amide bonds. The van der Waals surface area contributed by atoms with Crippen molar-refractivity contribution in [3.8, 4) is 11.8 Å². The SMILES string of the molecule is OC1(C#CC2=CC=C[CH]2)CCCCC1. The Morgan fingerprint density at radius 2 is 1.93 bits per heavy atom. The molecule has 1 radical (unpaired) electrons. The summed E-state index contributed by atoms with van der Waals surface area (Å²) in [5, 5.41) is 10.1. The van der Waals surface area contributed by atoms with Crippen LogP contribution in [0.4, 0.5) is 0 Å². The van der Waals surface area contributed by atoms with Crippen LogP contribution in [0.3, 0.4) is 0 Å². The summed E-state index contributed by atoms with van der Waals surface area (Å²) < 4.78 is 0. The van der Waals surface area contributed by atoms with Crippen molar-refractivity contribution in [2.45, 2.75) is 37.7 Å². The molecule has 0 aromatic rings. The van der Waals surface area contributed by atoms with Crippen molar-refractivity contribution >= 4 is 0 Å². The Hall–Kier alpha value is -1.00. The Morgan fingerprint density at radius 3 is 2.57 bits per heavy atom. The standard InChI is InChI=1S/C13H15O/c14-13(9-4-1-5-10-13)11-8-12-6-2-3-7-12/h2-3,6-7,14H,1,4-5,9-10H2. The second-order valence-corrected chi connectivity index (χ2v) is 4.02. The molecular weight excluding hydrogens is 172 g/mol. The molecule has 0 heterocycles. The maximum atomic E-state index is 10.1. The zero-order valence-corrected chi connectivity index (χ0v) is 8.29. The third-order valence-corrected chi connectivity index (χ3v) is 2.78. The molecule has 0 unspecified atom stereocenters. The average Bonchev–Trinajstić information content (AvgIpc) is 2.69. The van der Waals surface area contributed by atoms with E-state index < -0.39 is 5.60 Å². The van der Waals surface area contributed by atoms with Gasteiger partial charge in [0.2, 0.25) is 0 Å². The Kier molecular flexibility index (Phi) is 2.74. The molecule has 2 aliphatic carbocycles. The van der Waals surface area contributed by atoms with Gasteiger partial charge < -0.3 is 5.11 Å². The highest BCUT2D eigenvalue weighted by atomic mass is 16.3. The number of hydrogen-bond acceptors (Lipinski definition) is 1. The summed E-state index contributed by atoms with van der Waals surface area (Å²) in [5.74, 6) is 6.04. The van der Waals surface area contributed by atoms with Gasteiger partial charge in [-0.25, -0.2) is 0 Å². The zero-order chi connectivity index (χ0) is 9.86. The molecule has 2 rings (SSSR count). The Balaban J connectivity index is 2.00. The lowest BCUT2D eigenvalue weighted by atomic mass is 9.85. The molecule has 0 saturated heterocycles. The lowest BCUT2D eigenvalue weighted by molar-refractivity contribution is 0.0610. The zero-order valence-electron chi connectivity index (χ0n) is 8.29. The lowest BCUT2D eigenvalue weighted by Gasteiger charge is -2.26. The quantitative estimate of drug-likeness (QED) is 0.577. The third kappa shape index (κ3) is 2.27. The molecule has 1 heteroatoms. The summed E-state index contributed by atoms with van der Waals surface area (Å²) in [6.45, 7) is 0. The van der Waals surface area contributed by atoms with Crippen LogP contribution < -0.4 is 0 Å². The van der Waals surface area contributed by atoms with Gasteiger partial charge in [0.15, 0.2) is 0 Å². The van der Waals surface area contributed by atoms with E-state index in [-0.39, 0.29) is 0 Å². The smallest absolute Gasteiger partial charge is 0.125 e. The van der Waals surface area contributed by atoms with Gasteiger partial charge in [0.05, 0.1) is 0 Å². The highest BCUT2D eigenvalue weighted by molar-refractivity contribution is 5.47. The first-order valence-corrected chi connectivity index (χ1v) is 5.26. The molecule has 2 aliphatic rings. The van der Waals surface area contributed by atoms with E-state index in [0.717, 1.165) is 31.3 Å². The van der Waals surface area contributed by atoms with E-state index in [1.54, 1.807) is 0 Å². The summed E-state index contributed by atoms with van der Waals surface area (Å²) in [6.07, 6.45) is 13.0. The fraction of sp³-hybridized carbons (Fsp3) is 0.462. The van der Waals surface area contributed by atoms with Crippen LogP contribution in [0.25, 0.3) is 0 Å². The molecule has 0 aromatic heterocycles. The predicted molar refractivity (Wildman–Crippen MR) is 57.3 cm³/mol. The first-order valence-electron chi connectivity index (χ1n) is 5.26. The molecule has 0 aliphatic heterocycles. The molecule has 73 valence electrons. The van der Waals surface area contributed by atoms with Crippen molar-refractivity contribution in [2.24, 2.45) is 0 Å². The largest absolute Gasteiger partial charge is 0.378 e. The van der Waals surface area contributed by atoms with E-state index in [4.69, 9.17) is 0 Å². The van der Waals surface area contributed by atoms with E-state index in [9.17, 15) is 5.11 Å². The number of hydrogen-bond donors (Lipinski definition) is 1. The Morgan fingerprint density at radius 1 is 1.14 bits per heavy atom. The maximum Gasteiger partial charge on any atom is 0.125 e. The van der Waals surface area contributed by atoms with E-state index in [0.29, 0.717) is 0 Å². The van der Waals surface area contributed by atoms with Crippen molar-refractivity contribution in [3.05, 3.63) is 30.2 Å². The Labute approximate surface area is 85.5 Å². The summed E-state index contributed by atoms with van der Waals surface area (Å²) >= 11 is 0. The van der Waals surface area contributed by atoms with E-state index in [1.165, 1.54) is 6.42 Å². The third-order valence-electron chi connectivity index (χ3n) is 2.78. The number of rotatable bonds is 0. The molecule has 14 heavy (non-hydrogen) atoms. The van der Waals surface area contributed by atoms with Crippen molar-refractivity contribution in [1.82, 2.24) is 0 Å². The first-order chi connectivity index (χ1) is 6.79. The molecule has 1 nitrogen and oxygen atoms in total. The fourth-order valence-corrected chi connectivity index (χ4v) is 1.91. The van der Waals surface area contributed by atoms with Gasteiger partial charge >= 0.3 is 0 Å². The van der Waals surface area contributed by atoms with Crippen molar-refractivity contribution in [1.29, 1.82) is 0 Å². The molecule has 1 saturated carbocycles. The summed E-state index contributed by atoms with van der Waals surface area (Å²) in [7, 11) is 0. The molecular formula is C13H15O. The molecule has 1 fully saturated rings. The van der Waals surface area contributed by atoms with Crippen molar-refractivity contribution < 1.29 is 5.11 Å². The summed E-state index contributed by atoms with van der Waals surface area (Å²) in [6, 6.07) is 0. The maximum absolute atomic E-state index is 10.1. The second-order valence-electron chi connectivity index (χ2n) is 4.02. The molecule has 1 N–H and O–H groups in total.